The van der Waals surface area contributed by atoms with Gasteiger partial charge in [-0.25, -0.2) is 4.98 Å². The third-order valence-corrected chi connectivity index (χ3v) is 6.00. The molecule has 1 atom stereocenters. The Kier molecular flexibility index (Phi) is 6.89. The van der Waals surface area contributed by atoms with Gasteiger partial charge in [0, 0.05) is 12.2 Å². The molecule has 0 bridgehead atoms. The van der Waals surface area contributed by atoms with Crippen molar-refractivity contribution in [1.29, 1.82) is 0 Å². The second kappa shape index (κ2) is 9.57. The average molecular weight is 405 g/mol. The number of thiazole rings is 1. The van der Waals surface area contributed by atoms with Crippen molar-refractivity contribution in [3.8, 4) is 0 Å². The van der Waals surface area contributed by atoms with Crippen LogP contribution in [0.25, 0.3) is 10.2 Å². The van der Waals surface area contributed by atoms with Crippen molar-refractivity contribution in [2.75, 3.05) is 12.4 Å². The van der Waals surface area contributed by atoms with E-state index in [9.17, 15) is 9.59 Å². The smallest absolute Gasteiger partial charge is 0.306 e. The van der Waals surface area contributed by atoms with E-state index in [-0.39, 0.29) is 30.9 Å². The Labute approximate surface area is 165 Å². The lowest BCUT2D eigenvalue weighted by Crippen LogP contribution is -2.30. The molecule has 0 fully saturated rings. The fraction of sp³-hybridized carbons (Fsp3) is 0.316. The van der Waals surface area contributed by atoms with Gasteiger partial charge in [0.05, 0.1) is 22.5 Å². The number of benzene rings is 1. The minimum Gasteiger partial charge on any atom is -0.467 e. The highest BCUT2D eigenvalue weighted by molar-refractivity contribution is 8.01. The number of nitrogens with one attached hydrogen (secondary N) is 1. The van der Waals surface area contributed by atoms with Gasteiger partial charge >= 0.3 is 5.97 Å². The molecule has 1 aromatic carbocycles. The summed E-state index contributed by atoms with van der Waals surface area (Å²) >= 11 is 3.28. The molecule has 0 aliphatic heterocycles. The molecule has 1 amide bonds. The van der Waals surface area contributed by atoms with Gasteiger partial charge in [-0.15, -0.1) is 11.3 Å². The van der Waals surface area contributed by atoms with E-state index >= 15 is 0 Å². The number of hydrogen-bond donors (Lipinski definition) is 1. The number of furan rings is 1. The largest absolute Gasteiger partial charge is 0.467 e. The van der Waals surface area contributed by atoms with E-state index in [1.54, 1.807) is 48.4 Å². The van der Waals surface area contributed by atoms with Crippen molar-refractivity contribution in [1.82, 2.24) is 10.3 Å². The monoisotopic (exact) mass is 404 g/mol. The molecule has 0 saturated heterocycles. The zero-order valence-electron chi connectivity index (χ0n) is 14.8. The zero-order chi connectivity index (χ0) is 19.1. The molecular weight excluding hydrogens is 384 g/mol. The number of ether oxygens (including phenoxy) is 1. The maximum atomic E-state index is 11.8. The molecule has 0 saturated carbocycles. The summed E-state index contributed by atoms with van der Waals surface area (Å²) in [5, 5.41) is 2.72. The minimum atomic E-state index is -0.374. The van der Waals surface area contributed by atoms with Crippen molar-refractivity contribution in [2.45, 2.75) is 30.1 Å². The summed E-state index contributed by atoms with van der Waals surface area (Å²) in [5.41, 5.74) is 0.999. The van der Waals surface area contributed by atoms with E-state index in [1.165, 1.54) is 0 Å². The highest BCUT2D eigenvalue weighted by atomic mass is 32.2. The first-order chi connectivity index (χ1) is 13.1. The molecule has 0 radical (unpaired) electrons. The average Bonchev–Trinajstić information content (AvgIpc) is 3.32. The van der Waals surface area contributed by atoms with Gasteiger partial charge < -0.3 is 14.5 Å². The third kappa shape index (κ3) is 5.83. The summed E-state index contributed by atoms with van der Waals surface area (Å²) in [4.78, 5) is 28.1. The lowest BCUT2D eigenvalue weighted by molar-refractivity contribution is -0.148. The van der Waals surface area contributed by atoms with Crippen LogP contribution in [0, 0.1) is 0 Å². The molecule has 8 heteroatoms. The van der Waals surface area contributed by atoms with Gasteiger partial charge in [0.1, 0.15) is 5.76 Å². The van der Waals surface area contributed by atoms with Crippen molar-refractivity contribution < 1.29 is 18.7 Å². The first-order valence-electron chi connectivity index (χ1n) is 8.58. The first-order valence-corrected chi connectivity index (χ1v) is 10.4. The second-order valence-corrected chi connectivity index (χ2v) is 8.24. The Hall–Kier alpha value is -2.32. The van der Waals surface area contributed by atoms with Crippen molar-refractivity contribution >= 4 is 45.2 Å². The SMILES string of the molecule is C[C@@H](NC(=O)COC(=O)CCCSc1nc2ccccc2s1)c1ccco1. The Balaban J connectivity index is 1.30. The number of para-hydroxylation sites is 1. The number of carbonyl (C=O) groups is 2. The molecule has 0 spiro atoms. The van der Waals surface area contributed by atoms with E-state index in [4.69, 9.17) is 9.15 Å². The summed E-state index contributed by atoms with van der Waals surface area (Å²) in [6.45, 7) is 1.52. The van der Waals surface area contributed by atoms with Crippen LogP contribution >= 0.6 is 23.1 Å². The number of esters is 1. The van der Waals surface area contributed by atoms with Crippen LogP contribution in [-0.4, -0.2) is 29.2 Å². The minimum absolute atomic E-state index is 0.267. The van der Waals surface area contributed by atoms with Gasteiger partial charge in [0.2, 0.25) is 0 Å². The molecular formula is C19H20N2O4S2. The van der Waals surface area contributed by atoms with Gasteiger partial charge in [-0.3, -0.25) is 9.59 Å². The maximum absolute atomic E-state index is 11.8. The fourth-order valence-electron chi connectivity index (χ4n) is 2.40. The molecule has 2 aromatic heterocycles. The van der Waals surface area contributed by atoms with E-state index in [2.05, 4.69) is 10.3 Å². The van der Waals surface area contributed by atoms with E-state index < -0.39 is 0 Å². The molecule has 0 aliphatic carbocycles. The number of hydrogen-bond acceptors (Lipinski definition) is 7. The van der Waals surface area contributed by atoms with Crippen LogP contribution < -0.4 is 5.32 Å². The topological polar surface area (TPSA) is 81.4 Å². The quantitative estimate of drug-likeness (QED) is 0.327. The van der Waals surface area contributed by atoms with Crippen molar-refractivity contribution in [3.05, 3.63) is 48.4 Å². The van der Waals surface area contributed by atoms with Gasteiger partial charge in [-0.05, 0) is 37.6 Å². The second-order valence-electron chi connectivity index (χ2n) is 5.86. The summed E-state index contributed by atoms with van der Waals surface area (Å²) in [7, 11) is 0. The van der Waals surface area contributed by atoms with Crippen LogP contribution in [0.4, 0.5) is 0 Å². The van der Waals surface area contributed by atoms with Crippen LogP contribution in [0.2, 0.25) is 0 Å². The molecule has 1 N–H and O–H groups in total. The first kappa shape index (κ1) is 19.4. The normalized spacial score (nSPS) is 12.0. The number of thioether (sulfide) groups is 1. The predicted octanol–water partition coefficient (Wildman–Crippen LogP) is 4.18. The number of aromatic nitrogens is 1. The third-order valence-electron chi connectivity index (χ3n) is 3.74. The molecule has 27 heavy (non-hydrogen) atoms. The number of nitrogens with zero attached hydrogens (tertiary/aromatic N) is 1. The van der Waals surface area contributed by atoms with Gasteiger partial charge in [-0.2, -0.15) is 0 Å². The molecule has 6 nitrogen and oxygen atoms in total. The lowest BCUT2D eigenvalue weighted by atomic mass is 10.2. The molecule has 3 rings (SSSR count). The number of carbonyl (C=O) groups excluding carboxylic acids is 2. The Morgan fingerprint density at radius 1 is 1.30 bits per heavy atom. The molecule has 142 valence electrons. The van der Waals surface area contributed by atoms with Gasteiger partial charge in [0.15, 0.2) is 10.9 Å². The fourth-order valence-corrected chi connectivity index (χ4v) is 4.48. The predicted molar refractivity (Wildman–Crippen MR) is 106 cm³/mol. The summed E-state index contributed by atoms with van der Waals surface area (Å²) < 4.78 is 12.4. The zero-order valence-corrected chi connectivity index (χ0v) is 16.5. The van der Waals surface area contributed by atoms with Crippen molar-refractivity contribution in [3.63, 3.8) is 0 Å². The Morgan fingerprint density at radius 3 is 2.93 bits per heavy atom. The van der Waals surface area contributed by atoms with E-state index in [0.717, 1.165) is 20.3 Å². The number of rotatable bonds is 9. The summed E-state index contributed by atoms with van der Waals surface area (Å²) in [6.07, 6.45) is 2.49. The number of amides is 1. The summed E-state index contributed by atoms with van der Waals surface area (Å²) in [5.74, 6) is 0.703. The molecule has 0 unspecified atom stereocenters. The molecule has 0 aliphatic rings. The van der Waals surface area contributed by atoms with Crippen LogP contribution in [0.15, 0.2) is 51.4 Å². The summed E-state index contributed by atoms with van der Waals surface area (Å²) in [6, 6.07) is 11.3. The van der Waals surface area contributed by atoms with Crippen molar-refractivity contribution in [2.24, 2.45) is 0 Å². The Morgan fingerprint density at radius 2 is 2.15 bits per heavy atom. The molecule has 2 heterocycles. The number of fused-ring (bicyclic) bond motifs is 1. The van der Waals surface area contributed by atoms with Gasteiger partial charge in [-0.1, -0.05) is 23.9 Å². The van der Waals surface area contributed by atoms with Crippen LogP contribution in [0.5, 0.6) is 0 Å². The highest BCUT2D eigenvalue weighted by Gasteiger charge is 2.13. The lowest BCUT2D eigenvalue weighted by Gasteiger charge is -2.11. The Bertz CT molecular complexity index is 859. The van der Waals surface area contributed by atoms with Crippen LogP contribution in [0.1, 0.15) is 31.6 Å². The van der Waals surface area contributed by atoms with Crippen LogP contribution in [0.3, 0.4) is 0 Å². The molecule has 3 aromatic rings. The highest BCUT2D eigenvalue weighted by Crippen LogP contribution is 2.29. The maximum Gasteiger partial charge on any atom is 0.306 e. The van der Waals surface area contributed by atoms with Gasteiger partial charge in [0.25, 0.3) is 5.91 Å². The van der Waals surface area contributed by atoms with Crippen LogP contribution in [-0.2, 0) is 14.3 Å². The van der Waals surface area contributed by atoms with E-state index in [0.29, 0.717) is 12.2 Å². The van der Waals surface area contributed by atoms with E-state index in [1.807, 2.05) is 24.3 Å². The standard InChI is InChI=1S/C19H20N2O4S2/c1-13(15-7-4-10-24-15)20-17(22)12-25-18(23)9-5-11-26-19-21-14-6-2-3-8-16(14)27-19/h2-4,6-8,10,13H,5,9,11-12H2,1H3,(H,20,22)/t13-/m1/s1.